The third kappa shape index (κ3) is 2.46. The van der Waals surface area contributed by atoms with Crippen molar-refractivity contribution in [2.45, 2.75) is 27.2 Å². The summed E-state index contributed by atoms with van der Waals surface area (Å²) < 4.78 is 0. The summed E-state index contributed by atoms with van der Waals surface area (Å²) in [6.07, 6.45) is 3.96. The van der Waals surface area contributed by atoms with Gasteiger partial charge in [0, 0.05) is 17.3 Å². The lowest BCUT2D eigenvalue weighted by Gasteiger charge is -2.04. The van der Waals surface area contributed by atoms with E-state index in [1.54, 1.807) is 12.4 Å². The van der Waals surface area contributed by atoms with Crippen molar-refractivity contribution in [3.63, 3.8) is 0 Å². The maximum Gasteiger partial charge on any atom is 0.339 e. The third-order valence-corrected chi connectivity index (χ3v) is 4.26. The number of anilines is 1. The van der Waals surface area contributed by atoms with Crippen molar-refractivity contribution in [1.82, 2.24) is 4.98 Å². The minimum absolute atomic E-state index is 0.205. The van der Waals surface area contributed by atoms with Crippen LogP contribution in [-0.4, -0.2) is 22.0 Å². The monoisotopic (exact) mass is 292 g/mol. The number of aryl methyl sites for hydroxylation is 2. The lowest BCUT2D eigenvalue weighted by molar-refractivity contribution is 0.0697. The second-order valence-electron chi connectivity index (χ2n) is 4.51. The molecule has 0 aliphatic heterocycles. The number of aromatic amines is 1. The molecule has 3 N–H and O–H groups in total. The summed E-state index contributed by atoms with van der Waals surface area (Å²) in [5.74, 6) is -1.30. The van der Waals surface area contributed by atoms with E-state index in [4.69, 9.17) is 0 Å². The molecule has 2 heterocycles. The Morgan fingerprint density at radius 1 is 1.35 bits per heavy atom. The molecule has 2 rings (SSSR count). The minimum Gasteiger partial charge on any atom is -0.478 e. The van der Waals surface area contributed by atoms with Crippen LogP contribution in [-0.2, 0) is 6.42 Å². The molecule has 0 aromatic carbocycles. The summed E-state index contributed by atoms with van der Waals surface area (Å²) in [6.45, 7) is 5.59. The predicted octanol–water partition coefficient (Wildman–Crippen LogP) is 3.21. The number of thiophene rings is 1. The molecule has 20 heavy (non-hydrogen) atoms. The van der Waals surface area contributed by atoms with Gasteiger partial charge in [0.1, 0.15) is 5.00 Å². The second-order valence-corrected chi connectivity index (χ2v) is 5.73. The molecule has 0 bridgehead atoms. The van der Waals surface area contributed by atoms with Crippen LogP contribution in [0.1, 0.15) is 43.6 Å². The maximum absolute atomic E-state index is 12.2. The first kappa shape index (κ1) is 14.3. The van der Waals surface area contributed by atoms with E-state index in [0.29, 0.717) is 17.0 Å². The highest BCUT2D eigenvalue weighted by molar-refractivity contribution is 7.16. The van der Waals surface area contributed by atoms with Gasteiger partial charge in [0.15, 0.2) is 0 Å². The van der Waals surface area contributed by atoms with Gasteiger partial charge in [-0.1, -0.05) is 6.92 Å². The van der Waals surface area contributed by atoms with Gasteiger partial charge >= 0.3 is 5.97 Å². The number of carboxylic acids is 1. The number of hydrogen-bond acceptors (Lipinski definition) is 3. The fourth-order valence-electron chi connectivity index (χ4n) is 2.18. The van der Waals surface area contributed by atoms with Gasteiger partial charge in [0.25, 0.3) is 5.91 Å². The number of amides is 1. The molecular weight excluding hydrogens is 276 g/mol. The summed E-state index contributed by atoms with van der Waals surface area (Å²) in [4.78, 5) is 27.3. The molecule has 0 atom stereocenters. The predicted molar refractivity (Wildman–Crippen MR) is 78.9 cm³/mol. The third-order valence-electron chi connectivity index (χ3n) is 3.20. The van der Waals surface area contributed by atoms with E-state index in [0.717, 1.165) is 16.0 Å². The average molecular weight is 292 g/mol. The molecule has 0 saturated carbocycles. The first-order valence-electron chi connectivity index (χ1n) is 6.26. The normalized spacial score (nSPS) is 10.6. The first-order chi connectivity index (χ1) is 9.45. The van der Waals surface area contributed by atoms with E-state index in [1.807, 2.05) is 20.8 Å². The van der Waals surface area contributed by atoms with Gasteiger partial charge in [-0.2, -0.15) is 0 Å². The SMILES string of the molecule is CCc1c(C)sc(NC(=O)c2c[nH]cc2C)c1C(=O)O. The molecule has 2 aromatic heterocycles. The molecule has 6 heteroatoms. The number of H-pyrrole nitrogens is 1. The lowest BCUT2D eigenvalue weighted by Crippen LogP contribution is -2.14. The Morgan fingerprint density at radius 2 is 2.05 bits per heavy atom. The van der Waals surface area contributed by atoms with Crippen molar-refractivity contribution >= 4 is 28.2 Å². The summed E-state index contributed by atoms with van der Waals surface area (Å²) in [6, 6.07) is 0. The van der Waals surface area contributed by atoms with Crippen molar-refractivity contribution in [3.8, 4) is 0 Å². The fourth-order valence-corrected chi connectivity index (χ4v) is 3.31. The van der Waals surface area contributed by atoms with Crippen LogP contribution in [0.2, 0.25) is 0 Å². The van der Waals surface area contributed by atoms with Gasteiger partial charge in [-0.25, -0.2) is 4.79 Å². The zero-order valence-corrected chi connectivity index (χ0v) is 12.4. The number of carbonyl (C=O) groups excluding carboxylic acids is 1. The van der Waals surface area contributed by atoms with Crippen molar-refractivity contribution in [1.29, 1.82) is 0 Å². The number of hydrogen-bond donors (Lipinski definition) is 3. The van der Waals surface area contributed by atoms with E-state index < -0.39 is 5.97 Å². The molecule has 1 amide bonds. The van der Waals surface area contributed by atoms with Crippen LogP contribution < -0.4 is 5.32 Å². The number of aromatic nitrogens is 1. The van der Waals surface area contributed by atoms with Crippen LogP contribution in [0.4, 0.5) is 5.00 Å². The fraction of sp³-hybridized carbons (Fsp3) is 0.286. The van der Waals surface area contributed by atoms with Gasteiger partial charge < -0.3 is 15.4 Å². The van der Waals surface area contributed by atoms with E-state index in [1.165, 1.54) is 11.3 Å². The van der Waals surface area contributed by atoms with Crippen molar-refractivity contribution in [2.75, 3.05) is 5.32 Å². The van der Waals surface area contributed by atoms with Crippen LogP contribution >= 0.6 is 11.3 Å². The Labute approximate surface area is 120 Å². The zero-order valence-electron chi connectivity index (χ0n) is 11.5. The number of rotatable bonds is 4. The maximum atomic E-state index is 12.2. The van der Waals surface area contributed by atoms with Crippen LogP contribution in [0.15, 0.2) is 12.4 Å². The van der Waals surface area contributed by atoms with Crippen LogP contribution in [0.3, 0.4) is 0 Å². The highest BCUT2D eigenvalue weighted by atomic mass is 32.1. The zero-order chi connectivity index (χ0) is 14.9. The van der Waals surface area contributed by atoms with Gasteiger partial charge in [0.05, 0.1) is 11.1 Å². The van der Waals surface area contributed by atoms with E-state index in [2.05, 4.69) is 10.3 Å². The van der Waals surface area contributed by atoms with Crippen molar-refractivity contribution in [3.05, 3.63) is 39.5 Å². The Balaban J connectivity index is 2.37. The van der Waals surface area contributed by atoms with Crippen LogP contribution in [0.5, 0.6) is 0 Å². The van der Waals surface area contributed by atoms with E-state index in [9.17, 15) is 14.7 Å². The van der Waals surface area contributed by atoms with E-state index in [-0.39, 0.29) is 11.5 Å². The molecular formula is C14H16N2O3S. The molecule has 0 saturated heterocycles. The first-order valence-corrected chi connectivity index (χ1v) is 7.07. The smallest absolute Gasteiger partial charge is 0.339 e. The number of carbonyl (C=O) groups is 2. The van der Waals surface area contributed by atoms with Crippen molar-refractivity contribution in [2.24, 2.45) is 0 Å². The Morgan fingerprint density at radius 3 is 2.55 bits per heavy atom. The molecule has 0 radical (unpaired) electrons. The van der Waals surface area contributed by atoms with E-state index >= 15 is 0 Å². The molecule has 0 spiro atoms. The number of carboxylic acid groups (broad SMARTS) is 1. The quantitative estimate of drug-likeness (QED) is 0.809. The van der Waals surface area contributed by atoms with Crippen LogP contribution in [0.25, 0.3) is 0 Å². The summed E-state index contributed by atoms with van der Waals surface area (Å²) in [5.41, 5.74) is 2.33. The molecule has 0 aliphatic carbocycles. The Kier molecular flexibility index (Phi) is 3.94. The summed E-state index contributed by atoms with van der Waals surface area (Å²) in [5, 5.41) is 12.4. The number of nitrogens with one attached hydrogen (secondary N) is 2. The molecule has 0 unspecified atom stereocenters. The minimum atomic E-state index is -1.01. The van der Waals surface area contributed by atoms with Gasteiger partial charge in [0.2, 0.25) is 0 Å². The molecule has 0 aliphatic rings. The van der Waals surface area contributed by atoms with Gasteiger partial charge in [-0.05, 0) is 31.4 Å². The standard InChI is InChI=1S/C14H16N2O3S/c1-4-9-8(3)20-13(11(9)14(18)19)16-12(17)10-6-15-5-7(10)2/h5-6,15H,4H2,1-3H3,(H,16,17)(H,18,19). The number of aromatic carboxylic acids is 1. The Hall–Kier alpha value is -2.08. The molecule has 106 valence electrons. The largest absolute Gasteiger partial charge is 0.478 e. The Bertz CT molecular complexity index is 670. The lowest BCUT2D eigenvalue weighted by atomic mass is 10.1. The second kappa shape index (κ2) is 5.50. The highest BCUT2D eigenvalue weighted by Gasteiger charge is 2.22. The van der Waals surface area contributed by atoms with Crippen LogP contribution in [0, 0.1) is 13.8 Å². The molecule has 0 fully saturated rings. The van der Waals surface area contributed by atoms with Gasteiger partial charge in [-0.15, -0.1) is 11.3 Å². The summed E-state index contributed by atoms with van der Waals surface area (Å²) >= 11 is 1.30. The average Bonchev–Trinajstić information content (AvgIpc) is 2.92. The van der Waals surface area contributed by atoms with Gasteiger partial charge in [-0.3, -0.25) is 4.79 Å². The van der Waals surface area contributed by atoms with Crippen molar-refractivity contribution < 1.29 is 14.7 Å². The highest BCUT2D eigenvalue weighted by Crippen LogP contribution is 2.33. The molecule has 5 nitrogen and oxygen atoms in total. The summed E-state index contributed by atoms with van der Waals surface area (Å²) in [7, 11) is 0. The topological polar surface area (TPSA) is 82.2 Å². The molecule has 2 aromatic rings.